The lowest BCUT2D eigenvalue weighted by Gasteiger charge is -2.29. The van der Waals surface area contributed by atoms with Crippen molar-refractivity contribution in [3.8, 4) is 5.75 Å². The van der Waals surface area contributed by atoms with Crippen LogP contribution in [0.2, 0.25) is 5.02 Å². The summed E-state index contributed by atoms with van der Waals surface area (Å²) in [7, 11) is 0. The molecule has 2 aromatic carbocycles. The van der Waals surface area contributed by atoms with Gasteiger partial charge in [-0.05, 0) is 29.8 Å². The lowest BCUT2D eigenvalue weighted by molar-refractivity contribution is -0.121. The first-order chi connectivity index (χ1) is 10.0. The molecule has 1 aliphatic rings. The molecule has 0 spiro atoms. The van der Waals surface area contributed by atoms with Crippen molar-refractivity contribution in [2.24, 2.45) is 0 Å². The number of amides is 1. The second-order valence-corrected chi connectivity index (χ2v) is 5.15. The van der Waals surface area contributed by atoms with Crippen LogP contribution >= 0.6 is 11.6 Å². The lowest BCUT2D eigenvalue weighted by Crippen LogP contribution is -2.38. The van der Waals surface area contributed by atoms with Crippen molar-refractivity contribution < 1.29 is 13.9 Å². The molecule has 0 atom stereocenters. The number of halogens is 2. The van der Waals surface area contributed by atoms with E-state index in [2.05, 4.69) is 0 Å². The number of hydrogen-bond donors (Lipinski definition) is 1. The van der Waals surface area contributed by atoms with Gasteiger partial charge in [-0.1, -0.05) is 17.7 Å². The van der Waals surface area contributed by atoms with Gasteiger partial charge in [0.15, 0.2) is 6.61 Å². The Labute approximate surface area is 125 Å². The Morgan fingerprint density at radius 1 is 1.29 bits per heavy atom. The minimum Gasteiger partial charge on any atom is -0.481 e. The van der Waals surface area contributed by atoms with E-state index < -0.39 is 5.82 Å². The number of nitrogen functional groups attached to an aromatic ring is 1. The summed E-state index contributed by atoms with van der Waals surface area (Å²) in [6.07, 6.45) is 0. The van der Waals surface area contributed by atoms with Crippen molar-refractivity contribution in [3.63, 3.8) is 0 Å². The first kappa shape index (κ1) is 13.7. The van der Waals surface area contributed by atoms with Crippen LogP contribution in [-0.2, 0) is 11.3 Å². The Balaban J connectivity index is 1.94. The second kappa shape index (κ2) is 5.26. The fourth-order valence-corrected chi connectivity index (χ4v) is 2.33. The summed E-state index contributed by atoms with van der Waals surface area (Å²) in [5.74, 6) is -0.154. The molecule has 3 rings (SSSR count). The van der Waals surface area contributed by atoms with E-state index in [0.29, 0.717) is 22.7 Å². The first-order valence-electron chi connectivity index (χ1n) is 6.31. The van der Waals surface area contributed by atoms with Gasteiger partial charge < -0.3 is 15.4 Å². The fraction of sp³-hybridized carbons (Fsp3) is 0.133. The molecule has 0 saturated heterocycles. The Morgan fingerprint density at radius 2 is 2.10 bits per heavy atom. The van der Waals surface area contributed by atoms with Crippen LogP contribution in [0.4, 0.5) is 15.8 Å². The summed E-state index contributed by atoms with van der Waals surface area (Å²) in [4.78, 5) is 13.6. The Hall–Kier alpha value is -2.27. The Kier molecular flexibility index (Phi) is 3.43. The van der Waals surface area contributed by atoms with Crippen molar-refractivity contribution in [3.05, 3.63) is 52.8 Å². The molecule has 0 unspecified atom stereocenters. The highest BCUT2D eigenvalue weighted by Crippen LogP contribution is 2.34. The summed E-state index contributed by atoms with van der Waals surface area (Å²) in [5.41, 5.74) is 7.53. The number of benzene rings is 2. The number of rotatable bonds is 2. The molecule has 1 heterocycles. The zero-order chi connectivity index (χ0) is 15.0. The van der Waals surface area contributed by atoms with Gasteiger partial charge in [0.25, 0.3) is 5.91 Å². The van der Waals surface area contributed by atoms with Crippen LogP contribution in [0, 0.1) is 5.82 Å². The molecule has 2 N–H and O–H groups in total. The Bertz CT molecular complexity index is 721. The monoisotopic (exact) mass is 306 g/mol. The normalized spacial score (nSPS) is 13.8. The number of nitrogens with zero attached hydrogens (tertiary/aromatic N) is 1. The summed E-state index contributed by atoms with van der Waals surface area (Å²) in [6, 6.07) is 9.55. The predicted octanol–water partition coefficient (Wildman–Crippen LogP) is 2.99. The molecule has 21 heavy (non-hydrogen) atoms. The summed E-state index contributed by atoms with van der Waals surface area (Å²) < 4.78 is 18.9. The van der Waals surface area contributed by atoms with E-state index in [0.717, 1.165) is 0 Å². The highest BCUT2D eigenvalue weighted by Gasteiger charge is 2.25. The standard InChI is InChI=1S/C15H12ClFN2O2/c16-11-3-1-9(5-12(11)17)7-19-13-4-2-10(18)6-14(13)21-8-15(19)20/h1-6H,7-8,18H2. The fourth-order valence-electron chi connectivity index (χ4n) is 2.21. The molecule has 0 saturated carbocycles. The van der Waals surface area contributed by atoms with E-state index in [1.165, 1.54) is 12.1 Å². The van der Waals surface area contributed by atoms with Gasteiger partial charge in [-0.25, -0.2) is 4.39 Å². The van der Waals surface area contributed by atoms with E-state index in [1.807, 2.05) is 0 Å². The number of anilines is 2. The van der Waals surface area contributed by atoms with E-state index in [-0.39, 0.29) is 24.1 Å². The molecule has 0 bridgehead atoms. The molecule has 0 fully saturated rings. The minimum atomic E-state index is -0.507. The number of nitrogens with two attached hydrogens (primary N) is 1. The first-order valence-corrected chi connectivity index (χ1v) is 6.69. The van der Waals surface area contributed by atoms with E-state index in [1.54, 1.807) is 29.2 Å². The quantitative estimate of drug-likeness (QED) is 0.868. The molecular formula is C15H12ClFN2O2. The topological polar surface area (TPSA) is 55.6 Å². The van der Waals surface area contributed by atoms with Crippen LogP contribution in [0.25, 0.3) is 0 Å². The number of carbonyl (C=O) groups is 1. The van der Waals surface area contributed by atoms with Crippen molar-refractivity contribution in [1.82, 2.24) is 0 Å². The molecule has 108 valence electrons. The molecule has 0 aliphatic carbocycles. The van der Waals surface area contributed by atoms with Gasteiger partial charge in [-0.15, -0.1) is 0 Å². The largest absolute Gasteiger partial charge is 0.481 e. The van der Waals surface area contributed by atoms with Crippen molar-refractivity contribution in [2.75, 3.05) is 17.2 Å². The third-order valence-electron chi connectivity index (χ3n) is 3.25. The van der Waals surface area contributed by atoms with Crippen LogP contribution in [-0.4, -0.2) is 12.5 Å². The lowest BCUT2D eigenvalue weighted by atomic mass is 10.1. The van der Waals surface area contributed by atoms with Gasteiger partial charge in [-0.3, -0.25) is 4.79 Å². The number of carbonyl (C=O) groups excluding carboxylic acids is 1. The third-order valence-corrected chi connectivity index (χ3v) is 3.56. The summed E-state index contributed by atoms with van der Waals surface area (Å²) in [5, 5.41) is 0.0558. The average molecular weight is 307 g/mol. The number of fused-ring (bicyclic) bond motifs is 1. The maximum Gasteiger partial charge on any atom is 0.265 e. The maximum atomic E-state index is 13.5. The van der Waals surface area contributed by atoms with Gasteiger partial charge in [0.2, 0.25) is 0 Å². The zero-order valence-electron chi connectivity index (χ0n) is 11.0. The zero-order valence-corrected chi connectivity index (χ0v) is 11.7. The van der Waals surface area contributed by atoms with Crippen LogP contribution in [0.3, 0.4) is 0 Å². The highest BCUT2D eigenvalue weighted by atomic mass is 35.5. The molecule has 1 aliphatic heterocycles. The van der Waals surface area contributed by atoms with E-state index >= 15 is 0 Å². The molecule has 2 aromatic rings. The average Bonchev–Trinajstić information content (AvgIpc) is 2.46. The molecule has 4 nitrogen and oxygen atoms in total. The minimum absolute atomic E-state index is 0.0558. The second-order valence-electron chi connectivity index (χ2n) is 4.74. The van der Waals surface area contributed by atoms with Crippen LogP contribution < -0.4 is 15.4 Å². The molecule has 6 heteroatoms. The Morgan fingerprint density at radius 3 is 2.86 bits per heavy atom. The summed E-state index contributed by atoms with van der Waals surface area (Å²) in [6.45, 7) is 0.180. The SMILES string of the molecule is Nc1ccc2c(c1)OCC(=O)N2Cc1ccc(Cl)c(F)c1. The van der Waals surface area contributed by atoms with Crippen molar-refractivity contribution in [2.45, 2.75) is 6.54 Å². The number of hydrogen-bond acceptors (Lipinski definition) is 3. The van der Waals surface area contributed by atoms with Crippen LogP contribution in [0.5, 0.6) is 5.75 Å². The van der Waals surface area contributed by atoms with Gasteiger partial charge in [0, 0.05) is 11.8 Å². The van der Waals surface area contributed by atoms with Gasteiger partial charge >= 0.3 is 0 Å². The maximum absolute atomic E-state index is 13.5. The predicted molar refractivity (Wildman–Crippen MR) is 78.9 cm³/mol. The van der Waals surface area contributed by atoms with E-state index in [9.17, 15) is 9.18 Å². The van der Waals surface area contributed by atoms with E-state index in [4.69, 9.17) is 22.1 Å². The van der Waals surface area contributed by atoms with Gasteiger partial charge in [-0.2, -0.15) is 0 Å². The van der Waals surface area contributed by atoms with Crippen molar-refractivity contribution >= 4 is 28.9 Å². The smallest absolute Gasteiger partial charge is 0.265 e. The van der Waals surface area contributed by atoms with Crippen LogP contribution in [0.15, 0.2) is 36.4 Å². The van der Waals surface area contributed by atoms with Gasteiger partial charge in [0.05, 0.1) is 17.3 Å². The molecular weight excluding hydrogens is 295 g/mol. The van der Waals surface area contributed by atoms with Crippen LogP contribution in [0.1, 0.15) is 5.56 Å². The molecule has 0 radical (unpaired) electrons. The van der Waals surface area contributed by atoms with Crippen molar-refractivity contribution in [1.29, 1.82) is 0 Å². The number of ether oxygens (including phenoxy) is 1. The summed E-state index contributed by atoms with van der Waals surface area (Å²) >= 11 is 5.66. The van der Waals surface area contributed by atoms with Gasteiger partial charge in [0.1, 0.15) is 11.6 Å². The molecule has 0 aromatic heterocycles. The molecule has 1 amide bonds. The third kappa shape index (κ3) is 2.64. The highest BCUT2D eigenvalue weighted by molar-refractivity contribution is 6.30.